The van der Waals surface area contributed by atoms with Gasteiger partial charge in [-0.3, -0.25) is 9.69 Å². The predicted octanol–water partition coefficient (Wildman–Crippen LogP) is 3.03. The van der Waals surface area contributed by atoms with Crippen LogP contribution in [-0.2, 0) is 9.53 Å². The van der Waals surface area contributed by atoms with Gasteiger partial charge in [-0.05, 0) is 39.0 Å². The van der Waals surface area contributed by atoms with Crippen LogP contribution in [0.15, 0.2) is 18.2 Å². The molecule has 0 saturated carbocycles. The predicted molar refractivity (Wildman–Crippen MR) is 73.7 cm³/mol. The van der Waals surface area contributed by atoms with Crippen LogP contribution in [0.1, 0.15) is 20.8 Å². The van der Waals surface area contributed by atoms with E-state index in [0.717, 1.165) is 0 Å². The van der Waals surface area contributed by atoms with Crippen LogP contribution in [0.4, 0.5) is 16.2 Å². The first-order chi connectivity index (χ1) is 8.76. The molecule has 1 heterocycles. The van der Waals surface area contributed by atoms with Gasteiger partial charge < -0.3 is 10.1 Å². The third-order valence-electron chi connectivity index (χ3n) is 2.44. The van der Waals surface area contributed by atoms with Crippen LogP contribution in [0.5, 0.6) is 0 Å². The van der Waals surface area contributed by atoms with E-state index in [0.29, 0.717) is 16.4 Å². The molecule has 0 saturated heterocycles. The maximum absolute atomic E-state index is 12.1. The van der Waals surface area contributed by atoms with Crippen LogP contribution in [0.2, 0.25) is 5.02 Å². The third kappa shape index (κ3) is 3.17. The molecule has 1 aromatic carbocycles. The van der Waals surface area contributed by atoms with E-state index in [-0.39, 0.29) is 12.5 Å². The molecule has 1 aliphatic rings. The number of fused-ring (bicyclic) bond motifs is 1. The van der Waals surface area contributed by atoms with Crippen molar-refractivity contribution < 1.29 is 14.3 Å². The van der Waals surface area contributed by atoms with Gasteiger partial charge in [-0.2, -0.15) is 0 Å². The molecule has 0 bridgehead atoms. The van der Waals surface area contributed by atoms with Gasteiger partial charge in [0.1, 0.15) is 12.1 Å². The van der Waals surface area contributed by atoms with Crippen LogP contribution < -0.4 is 10.2 Å². The number of benzene rings is 1. The summed E-state index contributed by atoms with van der Waals surface area (Å²) >= 11 is 5.92. The second-order valence-corrected chi connectivity index (χ2v) is 5.71. The van der Waals surface area contributed by atoms with E-state index >= 15 is 0 Å². The van der Waals surface area contributed by atoms with Gasteiger partial charge in [-0.25, -0.2) is 4.79 Å². The smallest absolute Gasteiger partial charge is 0.415 e. The van der Waals surface area contributed by atoms with Crippen molar-refractivity contribution in [3.63, 3.8) is 0 Å². The molecule has 0 unspecified atom stereocenters. The Labute approximate surface area is 116 Å². The van der Waals surface area contributed by atoms with Crippen LogP contribution in [-0.4, -0.2) is 24.1 Å². The van der Waals surface area contributed by atoms with Crippen LogP contribution in [0.25, 0.3) is 0 Å². The van der Waals surface area contributed by atoms with Crippen molar-refractivity contribution in [2.24, 2.45) is 0 Å². The molecule has 0 fully saturated rings. The molecule has 2 amide bonds. The quantitative estimate of drug-likeness (QED) is 0.796. The molecule has 102 valence electrons. The van der Waals surface area contributed by atoms with Gasteiger partial charge in [0.2, 0.25) is 5.91 Å². The minimum absolute atomic E-state index is 0.0811. The number of amides is 2. The highest BCUT2D eigenvalue weighted by atomic mass is 35.5. The van der Waals surface area contributed by atoms with Crippen molar-refractivity contribution in [2.75, 3.05) is 16.8 Å². The lowest BCUT2D eigenvalue weighted by Crippen LogP contribution is -2.44. The average Bonchev–Trinajstić information content (AvgIpc) is 2.26. The Kier molecular flexibility index (Phi) is 3.41. The lowest BCUT2D eigenvalue weighted by atomic mass is 10.2. The zero-order valence-corrected chi connectivity index (χ0v) is 11.7. The average molecular weight is 283 g/mol. The summed E-state index contributed by atoms with van der Waals surface area (Å²) in [5, 5.41) is 3.18. The summed E-state index contributed by atoms with van der Waals surface area (Å²) in [4.78, 5) is 25.0. The summed E-state index contributed by atoms with van der Waals surface area (Å²) in [6.07, 6.45) is -0.564. The Bertz CT molecular complexity index is 537. The van der Waals surface area contributed by atoms with Crippen molar-refractivity contribution in [1.82, 2.24) is 0 Å². The molecule has 6 heteroatoms. The van der Waals surface area contributed by atoms with E-state index in [2.05, 4.69) is 5.32 Å². The fourth-order valence-electron chi connectivity index (χ4n) is 1.73. The molecule has 5 nitrogen and oxygen atoms in total. The number of rotatable bonds is 0. The van der Waals surface area contributed by atoms with Gasteiger partial charge in [0.05, 0.1) is 11.4 Å². The minimum Gasteiger partial charge on any atom is -0.443 e. The first-order valence-corrected chi connectivity index (χ1v) is 6.24. The van der Waals surface area contributed by atoms with Crippen molar-refractivity contribution in [1.29, 1.82) is 0 Å². The number of hydrogen-bond donors (Lipinski definition) is 1. The molecule has 0 radical (unpaired) electrons. The normalized spacial score (nSPS) is 14.7. The molecule has 1 N–H and O–H groups in total. The molecule has 1 aromatic rings. The fraction of sp³-hybridized carbons (Fsp3) is 0.385. The van der Waals surface area contributed by atoms with Gasteiger partial charge >= 0.3 is 6.09 Å². The highest BCUT2D eigenvalue weighted by molar-refractivity contribution is 6.31. The summed E-state index contributed by atoms with van der Waals surface area (Å²) in [5.41, 5.74) is 0.469. The molecule has 1 aliphatic heterocycles. The minimum atomic E-state index is -0.621. The van der Waals surface area contributed by atoms with Crippen molar-refractivity contribution in [2.45, 2.75) is 26.4 Å². The zero-order chi connectivity index (χ0) is 14.2. The van der Waals surface area contributed by atoms with Crippen molar-refractivity contribution in [3.8, 4) is 0 Å². The molecule has 19 heavy (non-hydrogen) atoms. The van der Waals surface area contributed by atoms with Crippen LogP contribution in [0.3, 0.4) is 0 Å². The molecular weight excluding hydrogens is 268 g/mol. The number of hydrogen-bond acceptors (Lipinski definition) is 3. The SMILES string of the molecule is CC(C)(C)OC(=O)N1CC(=O)Nc2ccc(Cl)cc21. The summed E-state index contributed by atoms with van der Waals surface area (Å²) in [6.45, 7) is 5.23. The summed E-state index contributed by atoms with van der Waals surface area (Å²) in [6, 6.07) is 4.94. The molecule has 0 aliphatic carbocycles. The monoisotopic (exact) mass is 282 g/mol. The van der Waals surface area contributed by atoms with Crippen molar-refractivity contribution >= 4 is 35.0 Å². The Morgan fingerprint density at radius 3 is 2.74 bits per heavy atom. The van der Waals surface area contributed by atoms with Crippen LogP contribution in [0, 0.1) is 0 Å². The molecule has 0 atom stereocenters. The lowest BCUT2D eigenvalue weighted by Gasteiger charge is -2.31. The summed E-state index contributed by atoms with van der Waals surface area (Å²) in [5.74, 6) is -0.263. The first-order valence-electron chi connectivity index (χ1n) is 5.86. The Hall–Kier alpha value is -1.75. The largest absolute Gasteiger partial charge is 0.443 e. The Balaban J connectivity index is 2.34. The molecule has 0 spiro atoms. The van der Waals surface area contributed by atoms with Gasteiger partial charge in [0.15, 0.2) is 0 Å². The standard InChI is InChI=1S/C13H15ClN2O3/c1-13(2,3)19-12(18)16-7-11(17)15-9-5-4-8(14)6-10(9)16/h4-6H,7H2,1-3H3,(H,15,17). The fourth-order valence-corrected chi connectivity index (χ4v) is 1.90. The Morgan fingerprint density at radius 1 is 1.42 bits per heavy atom. The third-order valence-corrected chi connectivity index (χ3v) is 2.68. The molecular formula is C13H15ClN2O3. The highest BCUT2D eigenvalue weighted by Crippen LogP contribution is 2.33. The number of anilines is 2. The van der Waals surface area contributed by atoms with E-state index in [1.165, 1.54) is 4.90 Å². The highest BCUT2D eigenvalue weighted by Gasteiger charge is 2.30. The first kappa shape index (κ1) is 13.7. The number of carbonyl (C=O) groups excluding carboxylic acids is 2. The van der Waals surface area contributed by atoms with E-state index in [4.69, 9.17) is 16.3 Å². The van der Waals surface area contributed by atoms with Gasteiger partial charge in [0, 0.05) is 5.02 Å². The Morgan fingerprint density at radius 2 is 2.11 bits per heavy atom. The van der Waals surface area contributed by atoms with E-state index in [1.54, 1.807) is 39.0 Å². The maximum Gasteiger partial charge on any atom is 0.415 e. The summed E-state index contributed by atoms with van der Waals surface area (Å²) in [7, 11) is 0. The topological polar surface area (TPSA) is 58.6 Å². The number of nitrogens with one attached hydrogen (secondary N) is 1. The lowest BCUT2D eigenvalue weighted by molar-refractivity contribution is -0.115. The second-order valence-electron chi connectivity index (χ2n) is 5.28. The number of ether oxygens (including phenoxy) is 1. The summed E-state index contributed by atoms with van der Waals surface area (Å²) < 4.78 is 5.29. The number of nitrogens with zero attached hydrogens (tertiary/aromatic N) is 1. The van der Waals surface area contributed by atoms with Gasteiger partial charge in [-0.1, -0.05) is 11.6 Å². The van der Waals surface area contributed by atoms with E-state index < -0.39 is 11.7 Å². The number of carbonyl (C=O) groups is 2. The molecule has 2 rings (SSSR count). The zero-order valence-electron chi connectivity index (χ0n) is 11.0. The van der Waals surface area contributed by atoms with Crippen LogP contribution >= 0.6 is 11.6 Å². The van der Waals surface area contributed by atoms with Crippen molar-refractivity contribution in [3.05, 3.63) is 23.2 Å². The molecule has 0 aromatic heterocycles. The maximum atomic E-state index is 12.1. The van der Waals surface area contributed by atoms with Gasteiger partial charge in [-0.15, -0.1) is 0 Å². The van der Waals surface area contributed by atoms with E-state index in [1.807, 2.05) is 0 Å². The van der Waals surface area contributed by atoms with E-state index in [9.17, 15) is 9.59 Å². The second kappa shape index (κ2) is 4.74. The number of halogens is 1. The van der Waals surface area contributed by atoms with Gasteiger partial charge in [0.25, 0.3) is 0 Å².